The van der Waals surface area contributed by atoms with Gasteiger partial charge >= 0.3 is 6.03 Å². The van der Waals surface area contributed by atoms with Crippen LogP contribution in [0.2, 0.25) is 0 Å². The highest BCUT2D eigenvalue weighted by Gasteiger charge is 2.62. The monoisotopic (exact) mass is 458 g/mol. The lowest BCUT2D eigenvalue weighted by Crippen LogP contribution is -2.40. The van der Waals surface area contributed by atoms with E-state index in [-0.39, 0.29) is 17.2 Å². The van der Waals surface area contributed by atoms with E-state index in [4.69, 9.17) is 14.2 Å². The summed E-state index contributed by atoms with van der Waals surface area (Å²) in [6.45, 7) is 0.563. The van der Waals surface area contributed by atoms with Gasteiger partial charge in [-0.2, -0.15) is 0 Å². The van der Waals surface area contributed by atoms with E-state index in [9.17, 15) is 9.59 Å². The zero-order valence-corrected chi connectivity index (χ0v) is 19.5. The van der Waals surface area contributed by atoms with Crippen molar-refractivity contribution < 1.29 is 23.8 Å². The number of ketones is 1. The number of fused-ring (bicyclic) bond motifs is 2. The number of rotatable bonds is 3. The molecule has 1 saturated heterocycles. The van der Waals surface area contributed by atoms with E-state index in [1.165, 1.54) is 0 Å². The lowest BCUT2D eigenvalue weighted by atomic mass is 9.79. The maximum atomic E-state index is 14.1. The van der Waals surface area contributed by atoms with Crippen LogP contribution < -0.4 is 14.2 Å². The number of benzene rings is 2. The molecule has 2 aliphatic carbocycles. The molecule has 6 rings (SSSR count). The molecule has 2 aromatic carbocycles. The maximum absolute atomic E-state index is 14.1. The minimum Gasteiger partial charge on any atom is -0.493 e. The molecule has 7 nitrogen and oxygen atoms in total. The molecule has 2 fully saturated rings. The van der Waals surface area contributed by atoms with Gasteiger partial charge in [0.15, 0.2) is 17.3 Å². The molecule has 1 aliphatic heterocycles. The number of hydrogen-bond acceptors (Lipinski definition) is 5. The fourth-order valence-electron chi connectivity index (χ4n) is 6.07. The lowest BCUT2D eigenvalue weighted by Gasteiger charge is -2.34. The number of hydrogen-bond donors (Lipinski definition) is 0. The highest BCUT2D eigenvalue weighted by molar-refractivity contribution is 6.09. The van der Waals surface area contributed by atoms with Crippen LogP contribution in [0.3, 0.4) is 0 Å². The smallest absolute Gasteiger partial charge is 0.333 e. The molecular formula is C27H26N2O5. The summed E-state index contributed by atoms with van der Waals surface area (Å²) >= 11 is 0. The Bertz CT molecular complexity index is 1390. The van der Waals surface area contributed by atoms with Gasteiger partial charge < -0.3 is 14.2 Å². The number of allylic oxidation sites excluding steroid dienone is 2. The number of carbonyl (C=O) groups excluding carboxylic acids is 2. The molecule has 2 atom stereocenters. The molecule has 1 spiro atoms. The summed E-state index contributed by atoms with van der Waals surface area (Å²) in [5, 5.41) is 0.802. The Morgan fingerprint density at radius 3 is 2.62 bits per heavy atom. The first-order valence-electron chi connectivity index (χ1n) is 11.5. The molecule has 34 heavy (non-hydrogen) atoms. The number of carbonyl (C=O) groups is 2. The lowest BCUT2D eigenvalue weighted by molar-refractivity contribution is 0.103. The van der Waals surface area contributed by atoms with Gasteiger partial charge in [0.25, 0.3) is 0 Å². The van der Waals surface area contributed by atoms with Crippen LogP contribution in [0.25, 0.3) is 10.9 Å². The third kappa shape index (κ3) is 2.64. The Labute approximate surface area is 197 Å². The third-order valence-electron chi connectivity index (χ3n) is 7.64. The van der Waals surface area contributed by atoms with Gasteiger partial charge in [-0.15, -0.1) is 0 Å². The van der Waals surface area contributed by atoms with Crippen molar-refractivity contribution in [2.75, 3.05) is 27.9 Å². The van der Waals surface area contributed by atoms with Gasteiger partial charge in [-0.05, 0) is 42.9 Å². The molecule has 7 heteroatoms. The largest absolute Gasteiger partial charge is 0.493 e. The van der Waals surface area contributed by atoms with Crippen LogP contribution in [0.1, 0.15) is 35.2 Å². The minimum atomic E-state index is -0.259. The normalized spacial score (nSPS) is 22.8. The van der Waals surface area contributed by atoms with Crippen LogP contribution in [0.15, 0.2) is 54.4 Å². The SMILES string of the molecule is COc1cc2ccn(C(=O)N3CCC[C@H]4C[C@@]45C3=CC(=O)c3ccccc35)c2c(OC)c1OC. The number of nitrogens with zero attached hydrogens (tertiary/aromatic N) is 2. The van der Waals surface area contributed by atoms with Crippen LogP contribution in [-0.4, -0.2) is 49.2 Å². The van der Waals surface area contributed by atoms with Crippen molar-refractivity contribution in [3.05, 3.63) is 65.5 Å². The molecular weight excluding hydrogens is 432 g/mol. The van der Waals surface area contributed by atoms with E-state index >= 15 is 0 Å². The van der Waals surface area contributed by atoms with Gasteiger partial charge in [-0.1, -0.05) is 24.3 Å². The van der Waals surface area contributed by atoms with E-state index < -0.39 is 0 Å². The van der Waals surface area contributed by atoms with Crippen molar-refractivity contribution in [1.82, 2.24) is 9.47 Å². The van der Waals surface area contributed by atoms with Gasteiger partial charge in [-0.25, -0.2) is 4.79 Å². The van der Waals surface area contributed by atoms with Crippen molar-refractivity contribution >= 4 is 22.7 Å². The van der Waals surface area contributed by atoms with Crippen LogP contribution in [0.5, 0.6) is 17.2 Å². The fourth-order valence-corrected chi connectivity index (χ4v) is 6.07. The first-order valence-corrected chi connectivity index (χ1v) is 11.5. The predicted octanol–water partition coefficient (Wildman–Crippen LogP) is 4.77. The number of likely N-dealkylation sites (tertiary alicyclic amines) is 1. The summed E-state index contributed by atoms with van der Waals surface area (Å²) in [6, 6.07) is 11.3. The molecule has 0 N–H and O–H groups in total. The number of ether oxygens (including phenoxy) is 3. The van der Waals surface area contributed by atoms with Gasteiger partial charge in [0, 0.05) is 40.9 Å². The highest BCUT2D eigenvalue weighted by Crippen LogP contribution is 2.65. The quantitative estimate of drug-likeness (QED) is 0.566. The van der Waals surface area contributed by atoms with Gasteiger partial charge in [0.05, 0.1) is 21.3 Å². The topological polar surface area (TPSA) is 70.0 Å². The molecule has 1 aromatic heterocycles. The molecule has 0 bridgehead atoms. The first-order chi connectivity index (χ1) is 16.5. The molecule has 2 heterocycles. The van der Waals surface area contributed by atoms with Crippen molar-refractivity contribution in [3.63, 3.8) is 0 Å². The molecule has 1 amide bonds. The molecule has 1 saturated carbocycles. The van der Waals surface area contributed by atoms with Crippen LogP contribution in [-0.2, 0) is 5.41 Å². The Kier molecular flexibility index (Phi) is 4.52. The Morgan fingerprint density at radius 1 is 1.06 bits per heavy atom. The van der Waals surface area contributed by atoms with Crippen molar-refractivity contribution in [3.8, 4) is 17.2 Å². The molecule has 0 radical (unpaired) electrons. The van der Waals surface area contributed by atoms with Crippen LogP contribution >= 0.6 is 0 Å². The molecule has 3 aliphatic rings. The van der Waals surface area contributed by atoms with Gasteiger partial charge in [0.1, 0.15) is 5.52 Å². The number of methoxy groups -OCH3 is 3. The van der Waals surface area contributed by atoms with E-state index in [0.29, 0.717) is 35.2 Å². The van der Waals surface area contributed by atoms with Crippen LogP contribution in [0.4, 0.5) is 4.79 Å². The van der Waals surface area contributed by atoms with Gasteiger partial charge in [-0.3, -0.25) is 14.3 Å². The number of amides is 1. The van der Waals surface area contributed by atoms with Crippen LogP contribution in [0, 0.1) is 5.92 Å². The molecule has 174 valence electrons. The zero-order chi connectivity index (χ0) is 23.6. The summed E-state index contributed by atoms with van der Waals surface area (Å²) in [4.78, 5) is 29.0. The predicted molar refractivity (Wildman–Crippen MR) is 127 cm³/mol. The van der Waals surface area contributed by atoms with E-state index in [0.717, 1.165) is 41.5 Å². The Hall–Kier alpha value is -3.74. The molecule has 3 aromatic rings. The summed E-state index contributed by atoms with van der Waals surface area (Å²) in [6.07, 6.45) is 6.32. The minimum absolute atomic E-state index is 0.0390. The Morgan fingerprint density at radius 2 is 1.85 bits per heavy atom. The summed E-state index contributed by atoms with van der Waals surface area (Å²) in [5.74, 6) is 1.81. The van der Waals surface area contributed by atoms with Crippen molar-refractivity contribution in [2.24, 2.45) is 5.92 Å². The second kappa shape index (κ2) is 7.38. The third-order valence-corrected chi connectivity index (χ3v) is 7.64. The first kappa shape index (κ1) is 20.8. The Balaban J connectivity index is 1.50. The van der Waals surface area contributed by atoms with Crippen molar-refractivity contribution in [2.45, 2.75) is 24.7 Å². The average molecular weight is 459 g/mol. The second-order valence-electron chi connectivity index (χ2n) is 9.16. The summed E-state index contributed by atoms with van der Waals surface area (Å²) in [7, 11) is 4.66. The van der Waals surface area contributed by atoms with E-state index in [2.05, 4.69) is 6.07 Å². The van der Waals surface area contributed by atoms with Crippen molar-refractivity contribution in [1.29, 1.82) is 0 Å². The summed E-state index contributed by atoms with van der Waals surface area (Å²) in [5.41, 5.74) is 2.99. The standard InChI is InChI=1S/C27H26N2O5/c1-32-21-13-16-10-12-29(23(16)25(34-3)24(21)33-2)26(31)28-11-6-7-17-15-27(17)19-9-5-4-8-18(19)20(30)14-22(27)28/h4-5,8-10,12-14,17H,6-7,11,15H2,1-3H3/t17-,27+/m0/s1. The maximum Gasteiger partial charge on any atom is 0.333 e. The van der Waals surface area contributed by atoms with Gasteiger partial charge in [0.2, 0.25) is 5.75 Å². The summed E-state index contributed by atoms with van der Waals surface area (Å²) < 4.78 is 18.3. The number of aromatic nitrogens is 1. The average Bonchev–Trinajstić information content (AvgIpc) is 3.45. The van der Waals surface area contributed by atoms with E-state index in [1.54, 1.807) is 43.1 Å². The van der Waals surface area contributed by atoms with E-state index in [1.807, 2.05) is 30.3 Å². The highest BCUT2D eigenvalue weighted by atomic mass is 16.5. The second-order valence-corrected chi connectivity index (χ2v) is 9.16. The zero-order valence-electron chi connectivity index (χ0n) is 19.5. The molecule has 0 unspecified atom stereocenters. The fraction of sp³-hybridized carbons (Fsp3) is 0.333.